The van der Waals surface area contributed by atoms with E-state index in [-0.39, 0.29) is 18.1 Å². The first-order valence-corrected chi connectivity index (χ1v) is 9.59. The highest BCUT2D eigenvalue weighted by molar-refractivity contribution is 5.81. The Hall–Kier alpha value is -1.43. The van der Waals surface area contributed by atoms with Gasteiger partial charge >= 0.3 is 0 Å². The van der Waals surface area contributed by atoms with Gasteiger partial charge in [-0.05, 0) is 57.3 Å². The Morgan fingerprint density at radius 2 is 1.96 bits per heavy atom. The predicted octanol–water partition coefficient (Wildman–Crippen LogP) is 1.26. The van der Waals surface area contributed by atoms with E-state index in [1.54, 1.807) is 7.05 Å². The zero-order valence-electron chi connectivity index (χ0n) is 15.2. The first-order valence-electron chi connectivity index (χ1n) is 9.59. The number of carbonyl (C=O) groups excluding carboxylic acids is 1. The normalized spacial score (nSPS) is 26.0. The summed E-state index contributed by atoms with van der Waals surface area (Å²) in [7, 11) is 1.68. The van der Waals surface area contributed by atoms with Crippen LogP contribution in [0.15, 0.2) is 30.3 Å². The second kappa shape index (κ2) is 8.79. The zero-order valence-corrected chi connectivity index (χ0v) is 15.2. The molecule has 0 aliphatic carbocycles. The van der Waals surface area contributed by atoms with Crippen LogP contribution in [0.5, 0.6) is 0 Å². The number of aliphatic hydroxyl groups is 1. The van der Waals surface area contributed by atoms with Crippen LogP contribution in [0.3, 0.4) is 0 Å². The second-order valence-corrected chi connectivity index (χ2v) is 7.38. The van der Waals surface area contributed by atoms with E-state index in [0.717, 1.165) is 38.9 Å². The Morgan fingerprint density at radius 1 is 1.24 bits per heavy atom. The van der Waals surface area contributed by atoms with Gasteiger partial charge in [-0.3, -0.25) is 9.69 Å². The third-order valence-electron chi connectivity index (χ3n) is 5.68. The minimum absolute atomic E-state index is 0.0434. The van der Waals surface area contributed by atoms with Gasteiger partial charge in [0.2, 0.25) is 5.91 Å². The Kier molecular flexibility index (Phi) is 6.45. The van der Waals surface area contributed by atoms with Gasteiger partial charge in [0.05, 0.1) is 12.1 Å². The van der Waals surface area contributed by atoms with E-state index in [1.807, 2.05) is 0 Å². The summed E-state index contributed by atoms with van der Waals surface area (Å²) in [5.41, 5.74) is 1.41. The maximum Gasteiger partial charge on any atom is 0.237 e. The Bertz CT molecular complexity index is 543. The standard InChI is InChI=1S/C20H31N3O2/c1-21-20(25)19-14-18(24)15-23(19)17-9-12-22(13-10-17)11-5-8-16-6-3-2-4-7-16/h2-4,6-7,17-19,24H,5,8-15H2,1H3,(H,21,25)/t18-,19+/m1/s1. The van der Waals surface area contributed by atoms with Crippen LogP contribution in [-0.2, 0) is 11.2 Å². The van der Waals surface area contributed by atoms with Crippen LogP contribution in [0.4, 0.5) is 0 Å². The first kappa shape index (κ1) is 18.4. The lowest BCUT2D eigenvalue weighted by molar-refractivity contribution is -0.126. The number of likely N-dealkylation sites (N-methyl/N-ethyl adjacent to an activating group) is 1. The number of aliphatic hydroxyl groups excluding tert-OH is 1. The van der Waals surface area contributed by atoms with Crippen molar-refractivity contribution in [3.05, 3.63) is 35.9 Å². The fourth-order valence-electron chi connectivity index (χ4n) is 4.29. The Morgan fingerprint density at radius 3 is 2.64 bits per heavy atom. The maximum absolute atomic E-state index is 12.1. The van der Waals surface area contributed by atoms with Crippen LogP contribution in [-0.4, -0.2) is 72.2 Å². The summed E-state index contributed by atoms with van der Waals surface area (Å²) in [6, 6.07) is 10.9. The van der Waals surface area contributed by atoms with Crippen LogP contribution in [0, 0.1) is 0 Å². The van der Waals surface area contributed by atoms with Gasteiger partial charge in [0, 0.05) is 19.6 Å². The van der Waals surface area contributed by atoms with Gasteiger partial charge in [0.15, 0.2) is 0 Å². The number of nitrogens with one attached hydrogen (secondary N) is 1. The highest BCUT2D eigenvalue weighted by Gasteiger charge is 2.40. The number of benzene rings is 1. The summed E-state index contributed by atoms with van der Waals surface area (Å²) in [5.74, 6) is 0.0434. The molecule has 1 amide bonds. The number of aryl methyl sites for hydroxylation is 1. The Balaban J connectivity index is 1.43. The molecular weight excluding hydrogens is 314 g/mol. The molecule has 5 nitrogen and oxygen atoms in total. The molecule has 1 aromatic carbocycles. The third kappa shape index (κ3) is 4.81. The van der Waals surface area contributed by atoms with Crippen LogP contribution < -0.4 is 5.32 Å². The number of hydrogen-bond acceptors (Lipinski definition) is 4. The lowest BCUT2D eigenvalue weighted by atomic mass is 10.0. The molecule has 0 radical (unpaired) electrons. The molecule has 2 aliphatic heterocycles. The van der Waals surface area contributed by atoms with E-state index in [9.17, 15) is 9.90 Å². The fraction of sp³-hybridized carbons (Fsp3) is 0.650. The highest BCUT2D eigenvalue weighted by atomic mass is 16.3. The highest BCUT2D eigenvalue weighted by Crippen LogP contribution is 2.26. The summed E-state index contributed by atoms with van der Waals surface area (Å²) in [6.07, 6.45) is 4.70. The van der Waals surface area contributed by atoms with E-state index in [4.69, 9.17) is 0 Å². The number of likely N-dealkylation sites (tertiary alicyclic amines) is 2. The van der Waals surface area contributed by atoms with Gasteiger partial charge in [-0.2, -0.15) is 0 Å². The lowest BCUT2D eigenvalue weighted by Crippen LogP contribution is -2.51. The predicted molar refractivity (Wildman–Crippen MR) is 99.4 cm³/mol. The largest absolute Gasteiger partial charge is 0.392 e. The van der Waals surface area contributed by atoms with E-state index in [1.165, 1.54) is 12.0 Å². The van der Waals surface area contributed by atoms with E-state index in [2.05, 4.69) is 45.4 Å². The molecule has 3 rings (SSSR count). The van der Waals surface area contributed by atoms with Gasteiger partial charge in [0.25, 0.3) is 0 Å². The monoisotopic (exact) mass is 345 g/mol. The molecule has 2 heterocycles. The molecule has 5 heteroatoms. The third-order valence-corrected chi connectivity index (χ3v) is 5.68. The van der Waals surface area contributed by atoms with Crippen molar-refractivity contribution in [3.63, 3.8) is 0 Å². The average molecular weight is 345 g/mol. The molecule has 2 saturated heterocycles. The number of β-amino-alcohol motifs (C(OH)–C–C–N with tert-alkyl or cyclic N) is 1. The van der Waals surface area contributed by atoms with Gasteiger partial charge in [-0.1, -0.05) is 30.3 Å². The summed E-state index contributed by atoms with van der Waals surface area (Å²) >= 11 is 0. The quantitative estimate of drug-likeness (QED) is 0.815. The molecule has 0 bridgehead atoms. The van der Waals surface area contributed by atoms with E-state index >= 15 is 0 Å². The number of amides is 1. The van der Waals surface area contributed by atoms with Gasteiger partial charge in [-0.15, -0.1) is 0 Å². The molecular formula is C20H31N3O2. The fourth-order valence-corrected chi connectivity index (χ4v) is 4.29. The summed E-state index contributed by atoms with van der Waals surface area (Å²) in [6.45, 7) is 3.96. The van der Waals surface area contributed by atoms with Gasteiger partial charge in [-0.25, -0.2) is 0 Å². The first-order chi connectivity index (χ1) is 12.2. The van der Waals surface area contributed by atoms with E-state index < -0.39 is 0 Å². The molecule has 0 saturated carbocycles. The van der Waals surface area contributed by atoms with Crippen molar-refractivity contribution in [2.45, 2.75) is 50.3 Å². The summed E-state index contributed by atoms with van der Waals surface area (Å²) in [4.78, 5) is 16.9. The van der Waals surface area contributed by atoms with Gasteiger partial charge in [0.1, 0.15) is 0 Å². The van der Waals surface area contributed by atoms with Crippen LogP contribution in [0.2, 0.25) is 0 Å². The summed E-state index contributed by atoms with van der Waals surface area (Å²) in [5, 5.41) is 12.7. The average Bonchev–Trinajstić information content (AvgIpc) is 3.04. The summed E-state index contributed by atoms with van der Waals surface area (Å²) < 4.78 is 0. The van der Waals surface area contributed by atoms with Crippen molar-refractivity contribution < 1.29 is 9.90 Å². The molecule has 25 heavy (non-hydrogen) atoms. The molecule has 0 unspecified atom stereocenters. The molecule has 0 aromatic heterocycles. The number of piperidine rings is 1. The molecule has 2 fully saturated rings. The number of carbonyl (C=O) groups is 1. The van der Waals surface area contributed by atoms with Crippen LogP contribution in [0.1, 0.15) is 31.2 Å². The minimum atomic E-state index is -0.369. The zero-order chi connectivity index (χ0) is 17.6. The van der Waals surface area contributed by atoms with Crippen molar-refractivity contribution in [2.75, 3.05) is 33.2 Å². The van der Waals surface area contributed by atoms with Crippen molar-refractivity contribution in [1.82, 2.24) is 15.1 Å². The maximum atomic E-state index is 12.1. The molecule has 138 valence electrons. The number of rotatable bonds is 6. The number of hydrogen-bond donors (Lipinski definition) is 2. The SMILES string of the molecule is CNC(=O)[C@@H]1C[C@@H](O)CN1C1CCN(CCCc2ccccc2)CC1. The van der Waals surface area contributed by atoms with Crippen molar-refractivity contribution in [3.8, 4) is 0 Å². The topological polar surface area (TPSA) is 55.8 Å². The molecule has 2 N–H and O–H groups in total. The van der Waals surface area contributed by atoms with Crippen molar-refractivity contribution in [1.29, 1.82) is 0 Å². The second-order valence-electron chi connectivity index (χ2n) is 7.38. The van der Waals surface area contributed by atoms with Gasteiger partial charge < -0.3 is 15.3 Å². The van der Waals surface area contributed by atoms with E-state index in [0.29, 0.717) is 19.0 Å². The molecule has 1 aromatic rings. The van der Waals surface area contributed by atoms with Crippen molar-refractivity contribution >= 4 is 5.91 Å². The number of nitrogens with zero attached hydrogens (tertiary/aromatic N) is 2. The minimum Gasteiger partial charge on any atom is -0.392 e. The lowest BCUT2D eigenvalue weighted by Gasteiger charge is -2.38. The van der Waals surface area contributed by atoms with Crippen LogP contribution >= 0.6 is 0 Å². The molecule has 2 aliphatic rings. The van der Waals surface area contributed by atoms with Crippen LogP contribution in [0.25, 0.3) is 0 Å². The Labute approximate surface area is 151 Å². The van der Waals surface area contributed by atoms with Crippen molar-refractivity contribution in [2.24, 2.45) is 0 Å². The molecule has 0 spiro atoms. The smallest absolute Gasteiger partial charge is 0.237 e. The molecule has 2 atom stereocenters.